The number of rotatable bonds is 8. The lowest BCUT2D eigenvalue weighted by Gasteiger charge is -2.35. The number of pyridine rings is 2. The predicted octanol–water partition coefficient (Wildman–Crippen LogP) is 4.26. The molecule has 1 amide bonds. The van der Waals surface area contributed by atoms with E-state index >= 15 is 4.39 Å². The second-order valence-electron chi connectivity index (χ2n) is 11.9. The fourth-order valence-corrected chi connectivity index (χ4v) is 6.95. The summed E-state index contributed by atoms with van der Waals surface area (Å²) in [5, 5.41) is 3.80. The van der Waals surface area contributed by atoms with Gasteiger partial charge in [0, 0.05) is 29.0 Å². The molecule has 0 saturated carbocycles. The average Bonchev–Trinajstić information content (AvgIpc) is 3.38. The number of cyclic esters (lactones) is 1. The number of benzene rings is 1. The SMILES string of the molecule is CC[C@@]1(OC(=O)C(F)(F)F)C(=O)OCc2c1cc1n(c2=O)Cc2c-1nc1cc(F)c(C)c3c1c2[C@@H](NC(=O)CCCCCN)CC3. The molecule has 2 atom stereocenters. The number of unbranched alkanes of at least 4 members (excludes halogenated alkanes) is 2. The maximum Gasteiger partial charge on any atom is 0.490 e. The summed E-state index contributed by atoms with van der Waals surface area (Å²) in [6.07, 6.45) is -2.35. The van der Waals surface area contributed by atoms with Gasteiger partial charge in [-0.3, -0.25) is 9.59 Å². The number of carbonyl (C=O) groups is 3. The summed E-state index contributed by atoms with van der Waals surface area (Å²) >= 11 is 0. The van der Waals surface area contributed by atoms with Crippen LogP contribution >= 0.6 is 0 Å². The smallest absolute Gasteiger partial charge is 0.457 e. The lowest BCUT2D eigenvalue weighted by molar-refractivity contribution is -0.223. The first-order valence-corrected chi connectivity index (χ1v) is 15.2. The fraction of sp³-hybridized carbons (Fsp3) is 0.469. The number of nitrogens with one attached hydrogen (secondary N) is 1. The molecule has 2 aliphatic heterocycles. The molecule has 46 heavy (non-hydrogen) atoms. The zero-order valence-corrected chi connectivity index (χ0v) is 25.2. The van der Waals surface area contributed by atoms with Crippen LogP contribution in [0.15, 0.2) is 16.9 Å². The Hall–Kier alpha value is -4.33. The number of alkyl halides is 3. The summed E-state index contributed by atoms with van der Waals surface area (Å²) in [5.74, 6) is -4.48. The highest BCUT2D eigenvalue weighted by Gasteiger charge is 2.55. The van der Waals surface area contributed by atoms with Crippen LogP contribution in [0, 0.1) is 12.7 Å². The van der Waals surface area contributed by atoms with Gasteiger partial charge < -0.3 is 25.1 Å². The maximum atomic E-state index is 15.1. The van der Waals surface area contributed by atoms with Crippen LogP contribution in [0.25, 0.3) is 22.3 Å². The molecule has 3 N–H and O–H groups in total. The first-order valence-electron chi connectivity index (χ1n) is 15.2. The van der Waals surface area contributed by atoms with Crippen molar-refractivity contribution in [2.75, 3.05) is 6.54 Å². The zero-order valence-electron chi connectivity index (χ0n) is 25.2. The number of hydrogen-bond donors (Lipinski definition) is 2. The van der Waals surface area contributed by atoms with E-state index in [1.54, 1.807) is 6.92 Å². The van der Waals surface area contributed by atoms with Crippen LogP contribution in [0.4, 0.5) is 17.6 Å². The summed E-state index contributed by atoms with van der Waals surface area (Å²) in [6, 6.07) is 2.14. The van der Waals surface area contributed by atoms with Crippen molar-refractivity contribution in [2.24, 2.45) is 5.73 Å². The number of nitrogens with two attached hydrogens (primary N) is 1. The summed E-state index contributed by atoms with van der Waals surface area (Å²) in [5.41, 5.74) is 5.23. The highest BCUT2D eigenvalue weighted by atomic mass is 19.4. The van der Waals surface area contributed by atoms with E-state index in [9.17, 15) is 32.3 Å². The molecular weight excluding hydrogens is 612 g/mol. The van der Waals surface area contributed by atoms with Gasteiger partial charge in [0.15, 0.2) is 0 Å². The number of aromatic nitrogens is 2. The third-order valence-electron chi connectivity index (χ3n) is 9.29. The summed E-state index contributed by atoms with van der Waals surface area (Å²) < 4.78 is 66.3. The number of hydrogen-bond acceptors (Lipinski definition) is 8. The van der Waals surface area contributed by atoms with Crippen molar-refractivity contribution < 1.29 is 41.4 Å². The molecule has 1 aromatic carbocycles. The van der Waals surface area contributed by atoms with E-state index in [0.717, 1.165) is 18.4 Å². The van der Waals surface area contributed by atoms with Gasteiger partial charge in [-0.05, 0) is 68.3 Å². The number of halogens is 4. The maximum absolute atomic E-state index is 15.1. The largest absolute Gasteiger partial charge is 0.490 e. The van der Waals surface area contributed by atoms with Crippen LogP contribution in [0.5, 0.6) is 0 Å². The molecule has 10 nitrogen and oxygen atoms in total. The molecular formula is C32H32F4N4O6. The van der Waals surface area contributed by atoms with Crippen molar-refractivity contribution in [2.45, 2.75) is 89.8 Å². The molecule has 0 radical (unpaired) electrons. The Morgan fingerprint density at radius 1 is 1.17 bits per heavy atom. The number of ether oxygens (including phenoxy) is 2. The van der Waals surface area contributed by atoms with Crippen LogP contribution in [0.1, 0.15) is 84.9 Å². The molecule has 6 rings (SSSR count). The number of esters is 2. The Morgan fingerprint density at radius 2 is 1.93 bits per heavy atom. The van der Waals surface area contributed by atoms with Gasteiger partial charge in [0.25, 0.3) is 5.56 Å². The summed E-state index contributed by atoms with van der Waals surface area (Å²) in [4.78, 5) is 56.7. The van der Waals surface area contributed by atoms with Gasteiger partial charge in [-0.1, -0.05) is 13.3 Å². The van der Waals surface area contributed by atoms with Gasteiger partial charge in [0.1, 0.15) is 12.4 Å². The van der Waals surface area contributed by atoms with Crippen molar-refractivity contribution in [3.8, 4) is 11.4 Å². The number of carbonyl (C=O) groups excluding carboxylic acids is 3. The Kier molecular flexibility index (Phi) is 7.90. The molecule has 0 unspecified atom stereocenters. The van der Waals surface area contributed by atoms with Gasteiger partial charge in [-0.25, -0.2) is 19.0 Å². The Bertz CT molecular complexity index is 1870. The first kappa shape index (κ1) is 31.6. The average molecular weight is 645 g/mol. The molecule has 0 spiro atoms. The highest BCUT2D eigenvalue weighted by Crippen LogP contribution is 2.46. The minimum absolute atomic E-state index is 0.00317. The first-order chi connectivity index (χ1) is 21.8. The number of aryl methyl sites for hydroxylation is 1. The topological polar surface area (TPSA) is 143 Å². The Morgan fingerprint density at radius 3 is 2.63 bits per heavy atom. The van der Waals surface area contributed by atoms with Crippen molar-refractivity contribution in [1.29, 1.82) is 0 Å². The van der Waals surface area contributed by atoms with Gasteiger partial charge in [0.05, 0.1) is 35.1 Å². The molecule has 0 fully saturated rings. The van der Waals surface area contributed by atoms with Gasteiger partial charge in [-0.2, -0.15) is 13.2 Å². The van der Waals surface area contributed by atoms with Crippen LogP contribution in [-0.2, 0) is 49.0 Å². The van der Waals surface area contributed by atoms with E-state index in [2.05, 4.69) is 5.32 Å². The quantitative estimate of drug-likeness (QED) is 0.165. The zero-order chi connectivity index (χ0) is 33.1. The Balaban J connectivity index is 1.52. The van der Waals surface area contributed by atoms with Gasteiger partial charge in [-0.15, -0.1) is 0 Å². The minimum Gasteiger partial charge on any atom is -0.457 e. The summed E-state index contributed by atoms with van der Waals surface area (Å²) in [7, 11) is 0. The number of amides is 1. The second-order valence-corrected chi connectivity index (χ2v) is 11.9. The van der Waals surface area contributed by atoms with Crippen LogP contribution in [0.2, 0.25) is 0 Å². The lowest BCUT2D eigenvalue weighted by atomic mass is 9.81. The standard InChI is InChI=1S/C32H32F4N4O6/c1-3-31(46-30(44)32(34,35)36)19-11-23-27-17(13-40(23)28(42)18(19)14-45-29(31)43)26-21(38-24(41)7-5-4-6-10-37)9-8-16-15(2)20(33)12-22(39-27)25(16)26/h11-12,21H,3-10,13-14,37H2,1-2H3,(H,38,41)/t21-,31-/m0/s1. The fourth-order valence-electron chi connectivity index (χ4n) is 6.95. The van der Waals surface area contributed by atoms with Crippen LogP contribution in [-0.4, -0.2) is 40.1 Å². The monoisotopic (exact) mass is 644 g/mol. The van der Waals surface area contributed by atoms with E-state index < -0.39 is 54.2 Å². The van der Waals surface area contributed by atoms with E-state index in [1.165, 1.54) is 23.6 Å². The van der Waals surface area contributed by atoms with Crippen molar-refractivity contribution in [3.05, 3.63) is 61.7 Å². The third kappa shape index (κ3) is 4.93. The predicted molar refractivity (Wildman–Crippen MR) is 156 cm³/mol. The van der Waals surface area contributed by atoms with Gasteiger partial charge >= 0.3 is 18.1 Å². The molecule has 1 aliphatic carbocycles. The van der Waals surface area contributed by atoms with Crippen molar-refractivity contribution in [3.63, 3.8) is 0 Å². The minimum atomic E-state index is -5.41. The van der Waals surface area contributed by atoms with Crippen molar-refractivity contribution >= 4 is 28.7 Å². The molecule has 244 valence electrons. The number of nitrogens with zero attached hydrogens (tertiary/aromatic N) is 2. The lowest BCUT2D eigenvalue weighted by Crippen LogP contribution is -2.49. The molecule has 3 aliphatic rings. The van der Waals surface area contributed by atoms with E-state index in [-0.39, 0.29) is 40.5 Å². The second kappa shape index (κ2) is 11.5. The normalized spacial score (nSPS) is 19.7. The number of fused-ring (bicyclic) bond motifs is 5. The van der Waals surface area contributed by atoms with E-state index in [0.29, 0.717) is 54.3 Å². The van der Waals surface area contributed by atoms with E-state index in [4.69, 9.17) is 20.2 Å². The highest BCUT2D eigenvalue weighted by molar-refractivity contribution is 5.94. The molecule has 14 heteroatoms. The van der Waals surface area contributed by atoms with E-state index in [1.807, 2.05) is 0 Å². The molecule has 2 aromatic heterocycles. The Labute approximate surface area is 260 Å². The van der Waals surface area contributed by atoms with Crippen LogP contribution < -0.4 is 16.6 Å². The molecule has 0 saturated heterocycles. The van der Waals surface area contributed by atoms with Gasteiger partial charge in [0.2, 0.25) is 11.5 Å². The molecule has 0 bridgehead atoms. The van der Waals surface area contributed by atoms with Crippen molar-refractivity contribution in [1.82, 2.24) is 14.9 Å². The van der Waals surface area contributed by atoms with Crippen LogP contribution in [0.3, 0.4) is 0 Å². The molecule has 3 aromatic rings. The molecule has 4 heterocycles. The third-order valence-corrected chi connectivity index (χ3v) is 9.29. The summed E-state index contributed by atoms with van der Waals surface area (Å²) in [6.45, 7) is 3.02.